The summed E-state index contributed by atoms with van der Waals surface area (Å²) in [4.78, 5) is 16.6. The summed E-state index contributed by atoms with van der Waals surface area (Å²) in [7, 11) is -4.50. The molecule has 0 aromatic carbocycles. The van der Waals surface area contributed by atoms with Crippen LogP contribution in [0.15, 0.2) is 0 Å². The Morgan fingerprint density at radius 1 is 1.46 bits per heavy atom. The van der Waals surface area contributed by atoms with Crippen molar-refractivity contribution in [2.75, 3.05) is 6.61 Å². The Bertz CT molecular complexity index is 203. The third-order valence-corrected chi connectivity index (χ3v) is 2.08. The van der Waals surface area contributed by atoms with Crippen LogP contribution in [-0.2, 0) is 13.8 Å². The van der Waals surface area contributed by atoms with Crippen LogP contribution in [0.4, 0.5) is 0 Å². The third kappa shape index (κ3) is 3.70. The van der Waals surface area contributed by atoms with Gasteiger partial charge in [0.25, 0.3) is 0 Å². The minimum Gasteiger partial charge on any atom is -0.388 e. The SMILES string of the molecule is O=P(O)(O)OC[C@@H]1C[C@@H](O)[C@H](O)O1. The van der Waals surface area contributed by atoms with E-state index in [9.17, 15) is 4.57 Å². The zero-order valence-corrected chi connectivity index (χ0v) is 7.50. The highest BCUT2D eigenvalue weighted by Gasteiger charge is 2.33. The van der Waals surface area contributed by atoms with Crippen LogP contribution < -0.4 is 0 Å². The van der Waals surface area contributed by atoms with E-state index in [1.54, 1.807) is 0 Å². The van der Waals surface area contributed by atoms with E-state index in [1.807, 2.05) is 0 Å². The number of phosphoric ester groups is 1. The summed E-state index contributed by atoms with van der Waals surface area (Å²) in [5.41, 5.74) is 0. The van der Waals surface area contributed by atoms with E-state index in [0.717, 1.165) is 0 Å². The topological polar surface area (TPSA) is 116 Å². The zero-order valence-electron chi connectivity index (χ0n) is 6.61. The van der Waals surface area contributed by atoms with Crippen molar-refractivity contribution >= 4 is 7.82 Å². The minimum absolute atomic E-state index is 0.0984. The lowest BCUT2D eigenvalue weighted by molar-refractivity contribution is -0.132. The molecule has 1 aliphatic heterocycles. The fourth-order valence-electron chi connectivity index (χ4n) is 1.02. The monoisotopic (exact) mass is 214 g/mol. The molecule has 0 aromatic heterocycles. The van der Waals surface area contributed by atoms with Crippen molar-refractivity contribution in [1.29, 1.82) is 0 Å². The smallest absolute Gasteiger partial charge is 0.388 e. The van der Waals surface area contributed by atoms with E-state index in [-0.39, 0.29) is 13.0 Å². The van der Waals surface area contributed by atoms with Crippen molar-refractivity contribution in [3.8, 4) is 0 Å². The van der Waals surface area contributed by atoms with Crippen molar-refractivity contribution in [2.45, 2.75) is 24.9 Å². The van der Waals surface area contributed by atoms with Crippen molar-refractivity contribution in [3.05, 3.63) is 0 Å². The lowest BCUT2D eigenvalue weighted by atomic mass is 10.2. The summed E-state index contributed by atoms with van der Waals surface area (Å²) in [6, 6.07) is 0. The molecule has 0 radical (unpaired) electrons. The summed E-state index contributed by atoms with van der Waals surface area (Å²) >= 11 is 0. The molecule has 13 heavy (non-hydrogen) atoms. The number of rotatable bonds is 3. The summed E-state index contributed by atoms with van der Waals surface area (Å²) < 4.78 is 19.1. The molecule has 1 rings (SSSR count). The first kappa shape index (κ1) is 11.1. The van der Waals surface area contributed by atoms with E-state index < -0.39 is 26.3 Å². The number of hydrogen-bond donors (Lipinski definition) is 4. The molecular formula is C5H11O7P. The van der Waals surface area contributed by atoms with Crippen LogP contribution in [0.3, 0.4) is 0 Å². The van der Waals surface area contributed by atoms with Gasteiger partial charge in [0.05, 0.1) is 12.7 Å². The maximum atomic E-state index is 10.2. The standard InChI is InChI=1S/C5H11O7P/c6-4-1-3(12-5(4)7)2-11-13(8,9)10/h3-7H,1-2H2,(H2,8,9,10)/t3-,4+,5+/m0/s1. The van der Waals surface area contributed by atoms with Crippen LogP contribution in [0, 0.1) is 0 Å². The summed E-state index contributed by atoms with van der Waals surface area (Å²) in [5.74, 6) is 0. The van der Waals surface area contributed by atoms with Gasteiger partial charge < -0.3 is 24.7 Å². The summed E-state index contributed by atoms with van der Waals surface area (Å²) in [6.45, 7) is -0.349. The maximum Gasteiger partial charge on any atom is 0.469 e. The maximum absolute atomic E-state index is 10.2. The first-order valence-corrected chi connectivity index (χ1v) is 5.13. The van der Waals surface area contributed by atoms with Gasteiger partial charge in [0, 0.05) is 6.42 Å². The number of aliphatic hydroxyl groups excluding tert-OH is 2. The van der Waals surface area contributed by atoms with Gasteiger partial charge in [-0.05, 0) is 0 Å². The molecule has 1 fully saturated rings. The summed E-state index contributed by atoms with van der Waals surface area (Å²) in [6.07, 6.45) is -2.91. The predicted molar refractivity (Wildman–Crippen MR) is 39.5 cm³/mol. The Labute approximate surface area is 74.1 Å². The Morgan fingerprint density at radius 3 is 2.46 bits per heavy atom. The Morgan fingerprint density at radius 2 is 2.08 bits per heavy atom. The molecule has 0 aliphatic carbocycles. The average molecular weight is 214 g/mol. The normalized spacial score (nSPS) is 35.2. The van der Waals surface area contributed by atoms with Crippen LogP contribution >= 0.6 is 7.82 Å². The molecule has 1 saturated heterocycles. The van der Waals surface area contributed by atoms with Crippen LogP contribution in [0.25, 0.3) is 0 Å². The predicted octanol–water partition coefficient (Wildman–Crippen LogP) is -1.44. The van der Waals surface area contributed by atoms with Crippen molar-refractivity contribution < 1.29 is 33.8 Å². The third-order valence-electron chi connectivity index (χ3n) is 1.59. The number of phosphoric acid groups is 1. The highest BCUT2D eigenvalue weighted by molar-refractivity contribution is 7.46. The molecule has 3 atom stereocenters. The fraction of sp³-hybridized carbons (Fsp3) is 1.00. The lowest BCUT2D eigenvalue weighted by Crippen LogP contribution is -2.19. The molecule has 0 saturated carbocycles. The number of ether oxygens (including phenoxy) is 1. The molecule has 1 aliphatic rings. The average Bonchev–Trinajstić information content (AvgIpc) is 2.27. The van der Waals surface area contributed by atoms with Crippen molar-refractivity contribution in [3.63, 3.8) is 0 Å². The van der Waals surface area contributed by atoms with Gasteiger partial charge in [-0.3, -0.25) is 4.52 Å². The van der Waals surface area contributed by atoms with Gasteiger partial charge in [-0.2, -0.15) is 0 Å². The second kappa shape index (κ2) is 4.02. The van der Waals surface area contributed by atoms with E-state index >= 15 is 0 Å². The van der Waals surface area contributed by atoms with E-state index in [0.29, 0.717) is 0 Å². The molecule has 8 heteroatoms. The molecule has 4 N–H and O–H groups in total. The second-order valence-corrected chi connectivity index (χ2v) is 3.98. The first-order valence-electron chi connectivity index (χ1n) is 3.60. The quantitative estimate of drug-likeness (QED) is 0.425. The van der Waals surface area contributed by atoms with Crippen molar-refractivity contribution in [2.24, 2.45) is 0 Å². The van der Waals surface area contributed by atoms with Gasteiger partial charge in [-0.25, -0.2) is 4.57 Å². The molecule has 78 valence electrons. The number of hydrogen-bond acceptors (Lipinski definition) is 5. The summed E-state index contributed by atoms with van der Waals surface area (Å²) in [5, 5.41) is 17.8. The Kier molecular flexibility index (Phi) is 3.42. The minimum atomic E-state index is -4.50. The molecule has 7 nitrogen and oxygen atoms in total. The molecule has 0 amide bonds. The van der Waals surface area contributed by atoms with E-state index in [1.165, 1.54) is 0 Å². The van der Waals surface area contributed by atoms with Crippen molar-refractivity contribution in [1.82, 2.24) is 0 Å². The molecular weight excluding hydrogens is 203 g/mol. The highest BCUT2D eigenvalue weighted by Crippen LogP contribution is 2.36. The van der Waals surface area contributed by atoms with Gasteiger partial charge in [0.1, 0.15) is 6.10 Å². The molecule has 0 aromatic rings. The van der Waals surface area contributed by atoms with Crippen LogP contribution in [0.1, 0.15) is 6.42 Å². The van der Waals surface area contributed by atoms with Gasteiger partial charge in [-0.15, -0.1) is 0 Å². The van der Waals surface area contributed by atoms with Crippen LogP contribution in [0.2, 0.25) is 0 Å². The number of aliphatic hydroxyl groups is 2. The Balaban J connectivity index is 2.29. The molecule has 0 unspecified atom stereocenters. The lowest BCUT2D eigenvalue weighted by Gasteiger charge is -2.10. The molecule has 1 heterocycles. The zero-order chi connectivity index (χ0) is 10.1. The van der Waals surface area contributed by atoms with Gasteiger partial charge in [0.15, 0.2) is 6.29 Å². The van der Waals surface area contributed by atoms with Crippen LogP contribution in [-0.4, -0.2) is 45.1 Å². The van der Waals surface area contributed by atoms with Gasteiger partial charge in [0.2, 0.25) is 0 Å². The largest absolute Gasteiger partial charge is 0.469 e. The van der Waals surface area contributed by atoms with Gasteiger partial charge >= 0.3 is 7.82 Å². The first-order chi connectivity index (χ1) is 5.88. The van der Waals surface area contributed by atoms with Crippen LogP contribution in [0.5, 0.6) is 0 Å². The second-order valence-electron chi connectivity index (χ2n) is 2.74. The molecule has 0 spiro atoms. The fourth-order valence-corrected chi connectivity index (χ4v) is 1.38. The van der Waals surface area contributed by atoms with Gasteiger partial charge in [-0.1, -0.05) is 0 Å². The van der Waals surface area contributed by atoms with E-state index in [2.05, 4.69) is 4.52 Å². The molecule has 0 bridgehead atoms. The van der Waals surface area contributed by atoms with E-state index in [4.69, 9.17) is 24.7 Å². The highest BCUT2D eigenvalue weighted by atomic mass is 31.2. The Hall–Kier alpha value is -0.0100.